The molecule has 0 saturated heterocycles. The van der Waals surface area contributed by atoms with Gasteiger partial charge in [-0.2, -0.15) is 0 Å². The van der Waals surface area contributed by atoms with E-state index in [-0.39, 0.29) is 33.0 Å². The van der Waals surface area contributed by atoms with Gasteiger partial charge in [-0.05, 0) is 0 Å². The molecule has 0 amide bonds. The summed E-state index contributed by atoms with van der Waals surface area (Å²) < 4.78 is 35.4. The van der Waals surface area contributed by atoms with Gasteiger partial charge in [0, 0.05) is 0 Å². The molecule has 22 heavy (non-hydrogen) atoms. The van der Waals surface area contributed by atoms with Crippen molar-refractivity contribution in [1.29, 1.82) is 0 Å². The van der Waals surface area contributed by atoms with Gasteiger partial charge >= 0.3 is 11.9 Å². The number of ether oxygens (including phenoxy) is 5. The summed E-state index contributed by atoms with van der Waals surface area (Å²) in [5.41, 5.74) is 0. The summed E-state index contributed by atoms with van der Waals surface area (Å²) in [6.07, 6.45) is -0.836. The van der Waals surface area contributed by atoms with Crippen LogP contribution in [0.15, 0.2) is 0 Å². The van der Waals surface area contributed by atoms with Crippen LogP contribution in [-0.4, -0.2) is 81.4 Å². The van der Waals surface area contributed by atoms with Gasteiger partial charge in [0.2, 0.25) is 7.37 Å². The smallest absolute Gasteiger partial charge is 0.331 e. The molecule has 0 aromatic carbocycles. The number of aliphatic carboxylic acids is 1. The predicted molar refractivity (Wildman–Crippen MR) is 72.8 cm³/mol. The van der Waals surface area contributed by atoms with Gasteiger partial charge in [-0.3, -0.25) is 4.57 Å². The first-order chi connectivity index (χ1) is 10.4. The van der Waals surface area contributed by atoms with Crippen LogP contribution < -0.4 is 0 Å². The average molecular weight is 344 g/mol. The van der Waals surface area contributed by atoms with Gasteiger partial charge in [0.15, 0.2) is 0 Å². The quantitative estimate of drug-likeness (QED) is 0.241. The molecule has 0 fully saturated rings. The van der Waals surface area contributed by atoms with Crippen molar-refractivity contribution >= 4 is 19.3 Å². The fraction of sp³-hybridized carbons (Fsp3) is 0.818. The van der Waals surface area contributed by atoms with E-state index >= 15 is 0 Å². The molecule has 130 valence electrons. The van der Waals surface area contributed by atoms with Crippen molar-refractivity contribution in [1.82, 2.24) is 0 Å². The molecule has 0 aromatic rings. The van der Waals surface area contributed by atoms with E-state index in [4.69, 9.17) is 19.3 Å². The van der Waals surface area contributed by atoms with Gasteiger partial charge in [-0.15, -0.1) is 0 Å². The third kappa shape index (κ3) is 13.9. The zero-order chi connectivity index (χ0) is 16.8. The van der Waals surface area contributed by atoms with Gasteiger partial charge in [0.05, 0.1) is 33.5 Å². The minimum Gasteiger partial charge on any atom is -0.480 e. The lowest BCUT2D eigenvalue weighted by Crippen LogP contribution is -2.14. The van der Waals surface area contributed by atoms with Crippen LogP contribution in [0.1, 0.15) is 0 Å². The Bertz CT molecular complexity index is 372. The number of rotatable bonds is 14. The highest BCUT2D eigenvalue weighted by Crippen LogP contribution is 2.39. The molecule has 2 N–H and O–H groups in total. The topological polar surface area (TPSA) is 138 Å². The number of hydrogen-bond acceptors (Lipinski definition) is 8. The van der Waals surface area contributed by atoms with Crippen LogP contribution in [-0.2, 0) is 37.8 Å². The lowest BCUT2D eigenvalue weighted by molar-refractivity contribution is -0.146. The molecule has 0 aromatic heterocycles. The van der Waals surface area contributed by atoms with E-state index in [0.717, 1.165) is 0 Å². The summed E-state index contributed by atoms with van der Waals surface area (Å²) in [5, 5.41) is 8.30. The van der Waals surface area contributed by atoms with Crippen molar-refractivity contribution < 1.29 is 47.8 Å². The molecule has 0 radical (unpaired) electrons. The normalized spacial score (nSPS) is 13.5. The van der Waals surface area contributed by atoms with Gasteiger partial charge in [0.1, 0.15) is 25.9 Å². The van der Waals surface area contributed by atoms with Crippen molar-refractivity contribution in [2.75, 3.05) is 59.4 Å². The molecule has 0 aliphatic carbocycles. The summed E-state index contributed by atoms with van der Waals surface area (Å²) in [6.45, 7) is -0.526. The monoisotopic (exact) mass is 344 g/mol. The zero-order valence-corrected chi connectivity index (χ0v) is 13.2. The molecular formula is C11H21O10P. The number of hydrogen-bond donors (Lipinski definition) is 2. The molecule has 0 aliphatic rings. The number of methoxy groups -OCH3 is 1. The number of carbonyl (C=O) groups is 2. The minimum absolute atomic E-state index is 0.0000699. The zero-order valence-electron chi connectivity index (χ0n) is 12.3. The Morgan fingerprint density at radius 3 is 1.82 bits per heavy atom. The predicted octanol–water partition coefficient (Wildman–Crippen LogP) is -0.504. The Morgan fingerprint density at radius 2 is 1.36 bits per heavy atom. The summed E-state index contributed by atoms with van der Waals surface area (Å²) >= 11 is 0. The van der Waals surface area contributed by atoms with Crippen LogP contribution in [0.5, 0.6) is 0 Å². The second-order valence-electron chi connectivity index (χ2n) is 4.00. The highest BCUT2D eigenvalue weighted by atomic mass is 31.2. The van der Waals surface area contributed by atoms with Crippen molar-refractivity contribution in [2.24, 2.45) is 0 Å². The lowest BCUT2D eigenvalue weighted by Gasteiger charge is -2.12. The molecule has 1 atom stereocenters. The second kappa shape index (κ2) is 12.5. The largest absolute Gasteiger partial charge is 0.480 e. The number of carboxylic acids is 1. The van der Waals surface area contributed by atoms with Gasteiger partial charge in [-0.1, -0.05) is 0 Å². The summed E-state index contributed by atoms with van der Waals surface area (Å²) in [4.78, 5) is 30.3. The van der Waals surface area contributed by atoms with Crippen molar-refractivity contribution in [3.8, 4) is 0 Å². The van der Waals surface area contributed by atoms with E-state index in [2.05, 4.69) is 9.47 Å². The van der Waals surface area contributed by atoms with Crippen LogP contribution in [0.25, 0.3) is 0 Å². The summed E-state index contributed by atoms with van der Waals surface area (Å²) in [7, 11) is -2.36. The highest BCUT2D eigenvalue weighted by Gasteiger charge is 2.18. The molecule has 0 rings (SSSR count). The highest BCUT2D eigenvalue weighted by molar-refractivity contribution is 7.57. The maximum atomic E-state index is 11.6. The maximum Gasteiger partial charge on any atom is 0.331 e. The van der Waals surface area contributed by atoms with Gasteiger partial charge in [0.25, 0.3) is 0 Å². The lowest BCUT2D eigenvalue weighted by atomic mass is 10.7. The Kier molecular flexibility index (Phi) is 11.9. The molecule has 11 heteroatoms. The van der Waals surface area contributed by atoms with Crippen molar-refractivity contribution in [3.05, 3.63) is 0 Å². The Balaban J connectivity index is 3.51. The van der Waals surface area contributed by atoms with E-state index < -0.39 is 38.6 Å². The van der Waals surface area contributed by atoms with Crippen LogP contribution in [0.2, 0.25) is 0 Å². The first-order valence-corrected chi connectivity index (χ1v) is 8.31. The summed E-state index contributed by atoms with van der Waals surface area (Å²) in [6, 6.07) is 0. The standard InChI is InChI=1S/C11H21O10P/c1-17-11(14)7-19-3-5-21-9-22(15,16)8-20-4-2-18-6-10(12)13/h2-9H2,1H3,(H,12,13)(H,15,16). The molecule has 1 unspecified atom stereocenters. The third-order valence-electron chi connectivity index (χ3n) is 2.00. The number of esters is 1. The Labute approximate surface area is 127 Å². The molecule has 0 bridgehead atoms. The first kappa shape index (κ1) is 21.0. The van der Waals surface area contributed by atoms with E-state index in [1.54, 1.807) is 0 Å². The van der Waals surface area contributed by atoms with Crippen LogP contribution in [0, 0.1) is 0 Å². The van der Waals surface area contributed by atoms with E-state index in [1.165, 1.54) is 7.11 Å². The maximum absolute atomic E-state index is 11.6. The van der Waals surface area contributed by atoms with Crippen molar-refractivity contribution in [2.45, 2.75) is 0 Å². The van der Waals surface area contributed by atoms with Crippen LogP contribution >= 0.6 is 7.37 Å². The Morgan fingerprint density at radius 1 is 0.909 bits per heavy atom. The molecule has 10 nitrogen and oxygen atoms in total. The second-order valence-corrected chi connectivity index (χ2v) is 6.21. The van der Waals surface area contributed by atoms with Crippen LogP contribution in [0.3, 0.4) is 0 Å². The van der Waals surface area contributed by atoms with Crippen molar-refractivity contribution in [3.63, 3.8) is 0 Å². The Hall–Kier alpha value is -1.03. The van der Waals surface area contributed by atoms with Gasteiger partial charge in [-0.25, -0.2) is 9.59 Å². The number of carbonyl (C=O) groups excluding carboxylic acids is 1. The molecular weight excluding hydrogens is 323 g/mol. The van der Waals surface area contributed by atoms with E-state index in [1.807, 2.05) is 0 Å². The van der Waals surface area contributed by atoms with Crippen LogP contribution in [0.4, 0.5) is 0 Å². The fourth-order valence-corrected chi connectivity index (χ4v) is 1.96. The van der Waals surface area contributed by atoms with E-state index in [9.17, 15) is 19.0 Å². The number of carboxylic acid groups (broad SMARTS) is 1. The summed E-state index contributed by atoms with van der Waals surface area (Å²) in [5.74, 6) is -1.62. The molecule has 0 spiro atoms. The minimum atomic E-state index is -3.60. The first-order valence-electron chi connectivity index (χ1n) is 6.28. The average Bonchev–Trinajstić information content (AvgIpc) is 2.45. The SMILES string of the molecule is COC(=O)COCCOCP(=O)(O)COCCOCC(=O)O. The molecule has 0 saturated carbocycles. The van der Waals surface area contributed by atoms with Gasteiger partial charge < -0.3 is 33.7 Å². The van der Waals surface area contributed by atoms with E-state index in [0.29, 0.717) is 0 Å². The molecule has 0 heterocycles. The fourth-order valence-electron chi connectivity index (χ4n) is 1.06. The molecule has 0 aliphatic heterocycles. The third-order valence-corrected chi connectivity index (χ3v) is 3.18.